The largest absolute Gasteiger partial charge is 0.508 e. The molecule has 0 bridgehead atoms. The van der Waals surface area contributed by atoms with E-state index in [1.165, 1.54) is 12.1 Å². The molecule has 0 saturated carbocycles. The van der Waals surface area contributed by atoms with E-state index in [9.17, 15) is 30.6 Å². The quantitative estimate of drug-likeness (QED) is 0.132. The highest BCUT2D eigenvalue weighted by molar-refractivity contribution is 5.58. The molecule has 0 aliphatic heterocycles. The number of benzene rings is 5. The predicted octanol–water partition coefficient (Wildman–Crippen LogP) is 6.90. The topological polar surface area (TPSA) is 121 Å². The Balaban J connectivity index is 1.66. The number of rotatable bonds is 6. The first-order valence-corrected chi connectivity index (χ1v) is 12.8. The van der Waals surface area contributed by atoms with Gasteiger partial charge in [-0.2, -0.15) is 0 Å². The predicted molar refractivity (Wildman–Crippen MR) is 154 cm³/mol. The molecular weight excluding hydrogens is 504 g/mol. The van der Waals surface area contributed by atoms with Gasteiger partial charge in [0.25, 0.3) is 0 Å². The maximum absolute atomic E-state index is 10.9. The van der Waals surface area contributed by atoms with Crippen molar-refractivity contribution in [2.75, 3.05) is 0 Å². The van der Waals surface area contributed by atoms with Gasteiger partial charge in [-0.25, -0.2) is 0 Å². The summed E-state index contributed by atoms with van der Waals surface area (Å²) in [5.74, 6) is -0.768. The summed E-state index contributed by atoms with van der Waals surface area (Å²) in [6.45, 7) is 3.47. The normalized spacial score (nSPS) is 11.3. The Morgan fingerprint density at radius 2 is 0.675 bits per heavy atom. The first-order valence-electron chi connectivity index (χ1n) is 12.8. The van der Waals surface area contributed by atoms with Crippen LogP contribution in [0.1, 0.15) is 56.3 Å². The standard InChI is InChI=1S/C34H30O6/c1-19-15-27(31(39)17-29(19)37)34(28-16-20(2)30(38)18-32(28)40)24-5-3-21(4-6-24)33(22-7-11-25(35)12-8-22)23-9-13-26(36)14-10-23/h3-18,33-40H,1-2H3. The first-order chi connectivity index (χ1) is 19.1. The SMILES string of the molecule is Cc1cc(C(c2ccc(C(c3ccc(O)cc3)c3ccc(O)cc3)cc2)c2cc(C)c(O)cc2O)c(O)cc1O. The zero-order valence-corrected chi connectivity index (χ0v) is 22.1. The lowest BCUT2D eigenvalue weighted by molar-refractivity contribution is 0.437. The van der Waals surface area contributed by atoms with Gasteiger partial charge in [0.05, 0.1) is 0 Å². The Hall–Kier alpha value is -5.10. The Kier molecular flexibility index (Phi) is 7.01. The van der Waals surface area contributed by atoms with Crippen LogP contribution in [0.3, 0.4) is 0 Å². The summed E-state index contributed by atoms with van der Waals surface area (Å²) in [5.41, 5.74) is 5.77. The van der Waals surface area contributed by atoms with Crippen molar-refractivity contribution >= 4 is 0 Å². The van der Waals surface area contributed by atoms with Gasteiger partial charge in [-0.15, -0.1) is 0 Å². The number of aromatic hydroxyl groups is 6. The molecule has 6 N–H and O–H groups in total. The number of phenolic OH excluding ortho intramolecular Hbond substituents is 6. The molecule has 0 fully saturated rings. The smallest absolute Gasteiger partial charge is 0.123 e. The Morgan fingerprint density at radius 1 is 0.375 bits per heavy atom. The fraction of sp³-hybridized carbons (Fsp3) is 0.118. The lowest BCUT2D eigenvalue weighted by atomic mass is 9.80. The fourth-order valence-corrected chi connectivity index (χ4v) is 5.20. The van der Waals surface area contributed by atoms with E-state index in [4.69, 9.17) is 0 Å². The third-order valence-corrected chi connectivity index (χ3v) is 7.37. The minimum absolute atomic E-state index is 0.0351. The third kappa shape index (κ3) is 5.12. The van der Waals surface area contributed by atoms with Gasteiger partial charge in [0.2, 0.25) is 0 Å². The maximum Gasteiger partial charge on any atom is 0.123 e. The fourth-order valence-electron chi connectivity index (χ4n) is 5.20. The summed E-state index contributed by atoms with van der Waals surface area (Å²) in [7, 11) is 0. The molecule has 0 spiro atoms. The zero-order valence-electron chi connectivity index (χ0n) is 22.1. The monoisotopic (exact) mass is 534 g/mol. The minimum atomic E-state index is -0.603. The number of hydrogen-bond acceptors (Lipinski definition) is 6. The van der Waals surface area contributed by atoms with E-state index in [-0.39, 0.29) is 40.4 Å². The Morgan fingerprint density at radius 3 is 1.02 bits per heavy atom. The molecule has 202 valence electrons. The highest BCUT2D eigenvalue weighted by Crippen LogP contribution is 2.44. The Labute approximate surface area is 232 Å². The van der Waals surface area contributed by atoms with Crippen LogP contribution in [0.15, 0.2) is 97.1 Å². The summed E-state index contributed by atoms with van der Waals surface area (Å²) in [6, 6.07) is 27.8. The minimum Gasteiger partial charge on any atom is -0.508 e. The molecule has 0 atom stereocenters. The van der Waals surface area contributed by atoms with Crippen molar-refractivity contribution in [3.63, 3.8) is 0 Å². The van der Waals surface area contributed by atoms with Gasteiger partial charge >= 0.3 is 0 Å². The first kappa shape index (κ1) is 26.5. The summed E-state index contributed by atoms with van der Waals surface area (Å²) in [4.78, 5) is 0. The van der Waals surface area contributed by atoms with E-state index < -0.39 is 5.92 Å². The second-order valence-corrected chi connectivity index (χ2v) is 10.1. The van der Waals surface area contributed by atoms with Gasteiger partial charge in [0, 0.05) is 35.1 Å². The van der Waals surface area contributed by atoms with E-state index in [2.05, 4.69) is 0 Å². The molecule has 0 unspecified atom stereocenters. The molecule has 0 amide bonds. The van der Waals surface area contributed by atoms with E-state index in [0.29, 0.717) is 22.3 Å². The zero-order chi connectivity index (χ0) is 28.6. The van der Waals surface area contributed by atoms with Crippen molar-refractivity contribution in [3.8, 4) is 34.5 Å². The van der Waals surface area contributed by atoms with Crippen molar-refractivity contribution < 1.29 is 30.6 Å². The summed E-state index contributed by atoms with van der Waals surface area (Å²) >= 11 is 0. The molecule has 0 heterocycles. The van der Waals surface area contributed by atoms with Crippen LogP contribution < -0.4 is 0 Å². The lowest BCUT2D eigenvalue weighted by Gasteiger charge is -2.24. The average Bonchev–Trinajstić information content (AvgIpc) is 2.93. The van der Waals surface area contributed by atoms with Crippen molar-refractivity contribution in [1.29, 1.82) is 0 Å². The van der Waals surface area contributed by atoms with Gasteiger partial charge in [-0.1, -0.05) is 48.5 Å². The van der Waals surface area contributed by atoms with E-state index in [0.717, 1.165) is 22.3 Å². The molecule has 0 aromatic heterocycles. The van der Waals surface area contributed by atoms with Crippen LogP contribution in [0.25, 0.3) is 0 Å². The number of phenols is 6. The third-order valence-electron chi connectivity index (χ3n) is 7.37. The highest BCUT2D eigenvalue weighted by atomic mass is 16.3. The van der Waals surface area contributed by atoms with Crippen molar-refractivity contribution in [3.05, 3.63) is 142 Å². The van der Waals surface area contributed by atoms with Crippen LogP contribution in [0.4, 0.5) is 0 Å². The summed E-state index contributed by atoms with van der Waals surface area (Å²) in [5, 5.41) is 61.8. The van der Waals surface area contributed by atoms with Gasteiger partial charge in [0.15, 0.2) is 0 Å². The van der Waals surface area contributed by atoms with E-state index >= 15 is 0 Å². The average molecular weight is 535 g/mol. The van der Waals surface area contributed by atoms with Crippen LogP contribution in [0.2, 0.25) is 0 Å². The Bertz CT molecular complexity index is 1550. The second kappa shape index (κ2) is 10.6. The number of hydrogen-bond donors (Lipinski definition) is 6. The molecule has 5 aromatic rings. The van der Waals surface area contributed by atoms with Crippen molar-refractivity contribution in [2.45, 2.75) is 25.7 Å². The second-order valence-electron chi connectivity index (χ2n) is 10.1. The van der Waals surface area contributed by atoms with Crippen molar-refractivity contribution in [1.82, 2.24) is 0 Å². The molecule has 5 aromatic carbocycles. The maximum atomic E-state index is 10.9. The van der Waals surface area contributed by atoms with Gasteiger partial charge in [-0.05, 0) is 83.6 Å². The molecule has 6 heteroatoms. The van der Waals surface area contributed by atoms with Gasteiger partial charge in [-0.3, -0.25) is 0 Å². The van der Waals surface area contributed by atoms with Crippen LogP contribution in [0.5, 0.6) is 34.5 Å². The molecular formula is C34H30O6. The molecule has 0 aliphatic rings. The highest BCUT2D eigenvalue weighted by Gasteiger charge is 2.26. The number of aryl methyl sites for hydroxylation is 2. The lowest BCUT2D eigenvalue weighted by Crippen LogP contribution is -2.07. The van der Waals surface area contributed by atoms with E-state index in [1.807, 2.05) is 48.5 Å². The van der Waals surface area contributed by atoms with Crippen LogP contribution >= 0.6 is 0 Å². The summed E-state index contributed by atoms with van der Waals surface area (Å²) in [6.07, 6.45) is 0. The van der Waals surface area contributed by atoms with Crippen LogP contribution in [-0.4, -0.2) is 30.6 Å². The van der Waals surface area contributed by atoms with E-state index in [1.54, 1.807) is 50.2 Å². The molecule has 0 radical (unpaired) electrons. The molecule has 5 rings (SSSR count). The molecule has 40 heavy (non-hydrogen) atoms. The van der Waals surface area contributed by atoms with Gasteiger partial charge in [0.1, 0.15) is 34.5 Å². The van der Waals surface area contributed by atoms with Gasteiger partial charge < -0.3 is 30.6 Å². The van der Waals surface area contributed by atoms with Crippen LogP contribution in [-0.2, 0) is 0 Å². The molecule has 0 aliphatic carbocycles. The summed E-state index contributed by atoms with van der Waals surface area (Å²) < 4.78 is 0. The molecule has 6 nitrogen and oxygen atoms in total. The van der Waals surface area contributed by atoms with Crippen LogP contribution in [0, 0.1) is 13.8 Å². The van der Waals surface area contributed by atoms with Crippen molar-refractivity contribution in [2.24, 2.45) is 0 Å². The molecule has 0 saturated heterocycles.